The number of nitrogens with one attached hydrogen (secondary N) is 2. The smallest absolute Gasteiger partial charge is 0.190 e. The van der Waals surface area contributed by atoms with Crippen molar-refractivity contribution in [2.75, 3.05) is 33.7 Å². The van der Waals surface area contributed by atoms with Crippen molar-refractivity contribution in [3.8, 4) is 0 Å². The van der Waals surface area contributed by atoms with Gasteiger partial charge in [-0.25, -0.2) is 0 Å². The van der Waals surface area contributed by atoms with Gasteiger partial charge in [-0.05, 0) is 58.7 Å². The maximum atomic E-state index is 4.31. The molecule has 1 rings (SSSR count). The number of aryl methyl sites for hydroxylation is 1. The highest BCUT2D eigenvalue weighted by Crippen LogP contribution is 2.14. The zero-order valence-electron chi connectivity index (χ0n) is 16.4. The number of hydrogen-bond acceptors (Lipinski definition) is 2. The number of guanidine groups is 1. The van der Waals surface area contributed by atoms with E-state index in [2.05, 4.69) is 79.5 Å². The van der Waals surface area contributed by atoms with Gasteiger partial charge in [0, 0.05) is 26.2 Å². The molecule has 0 bridgehead atoms. The number of nitrogens with zero attached hydrogens (tertiary/aromatic N) is 2. The molecule has 0 fully saturated rings. The zero-order valence-corrected chi connectivity index (χ0v) is 16.4. The van der Waals surface area contributed by atoms with Gasteiger partial charge in [0.25, 0.3) is 0 Å². The molecule has 136 valence electrons. The molecule has 0 aromatic heterocycles. The lowest BCUT2D eigenvalue weighted by atomic mass is 10.0. The third kappa shape index (κ3) is 7.82. The summed E-state index contributed by atoms with van der Waals surface area (Å²) in [5.74, 6) is 1.36. The van der Waals surface area contributed by atoms with Crippen molar-refractivity contribution in [1.82, 2.24) is 15.5 Å². The molecule has 0 saturated carbocycles. The highest BCUT2D eigenvalue weighted by Gasteiger charge is 2.06. The number of rotatable bonds is 9. The molecular weight excluding hydrogens is 296 g/mol. The molecule has 4 heteroatoms. The highest BCUT2D eigenvalue weighted by atomic mass is 15.2. The number of unbranched alkanes of at least 4 members (excludes halogenated alkanes) is 1. The summed E-state index contributed by atoms with van der Waals surface area (Å²) < 4.78 is 0. The molecule has 0 aliphatic heterocycles. The Bertz CT molecular complexity index is 479. The Morgan fingerprint density at radius 1 is 1.08 bits per heavy atom. The second-order valence-corrected chi connectivity index (χ2v) is 6.97. The molecule has 1 aromatic carbocycles. The number of aliphatic imine (C=N–C) groups is 1. The molecular formula is C20H36N4. The van der Waals surface area contributed by atoms with Gasteiger partial charge in [-0.3, -0.25) is 4.99 Å². The van der Waals surface area contributed by atoms with Gasteiger partial charge in [0.15, 0.2) is 5.96 Å². The molecule has 0 spiro atoms. The molecule has 0 aliphatic rings. The zero-order chi connectivity index (χ0) is 17.9. The summed E-state index contributed by atoms with van der Waals surface area (Å²) >= 11 is 0. The molecule has 4 nitrogen and oxygen atoms in total. The minimum atomic E-state index is 0.462. The lowest BCUT2D eigenvalue weighted by Crippen LogP contribution is -2.39. The quantitative estimate of drug-likeness (QED) is 0.414. The van der Waals surface area contributed by atoms with E-state index in [1.165, 1.54) is 17.5 Å². The average Bonchev–Trinajstić information content (AvgIpc) is 2.57. The van der Waals surface area contributed by atoms with Crippen LogP contribution in [0.25, 0.3) is 0 Å². The topological polar surface area (TPSA) is 39.7 Å². The fraction of sp³-hybridized carbons (Fsp3) is 0.650. The predicted octanol–water partition coefficient (Wildman–Crippen LogP) is 3.38. The van der Waals surface area contributed by atoms with Crippen LogP contribution in [0.4, 0.5) is 0 Å². The van der Waals surface area contributed by atoms with Crippen LogP contribution in [-0.4, -0.2) is 50.6 Å². The van der Waals surface area contributed by atoms with Crippen LogP contribution in [0, 0.1) is 6.92 Å². The fourth-order valence-electron chi connectivity index (χ4n) is 2.43. The maximum Gasteiger partial charge on any atom is 0.190 e. The Morgan fingerprint density at radius 3 is 2.33 bits per heavy atom. The van der Waals surface area contributed by atoms with Crippen molar-refractivity contribution in [3.63, 3.8) is 0 Å². The average molecular weight is 333 g/mol. The van der Waals surface area contributed by atoms with Gasteiger partial charge < -0.3 is 15.5 Å². The molecule has 0 amide bonds. The van der Waals surface area contributed by atoms with E-state index in [9.17, 15) is 0 Å². The van der Waals surface area contributed by atoms with Crippen LogP contribution in [0.5, 0.6) is 0 Å². The molecule has 24 heavy (non-hydrogen) atoms. The second kappa shape index (κ2) is 11.1. The van der Waals surface area contributed by atoms with E-state index in [1.807, 2.05) is 7.05 Å². The minimum Gasteiger partial charge on any atom is -0.356 e. The van der Waals surface area contributed by atoms with Crippen LogP contribution < -0.4 is 10.6 Å². The summed E-state index contributed by atoms with van der Waals surface area (Å²) in [6.07, 6.45) is 2.36. The fourth-order valence-corrected chi connectivity index (χ4v) is 2.43. The Hall–Kier alpha value is -1.55. The van der Waals surface area contributed by atoms with Crippen LogP contribution in [0.3, 0.4) is 0 Å². The van der Waals surface area contributed by atoms with E-state index in [0.717, 1.165) is 32.0 Å². The molecule has 0 saturated heterocycles. The van der Waals surface area contributed by atoms with Crippen LogP contribution in [0.2, 0.25) is 0 Å². The van der Waals surface area contributed by atoms with Crippen molar-refractivity contribution in [3.05, 3.63) is 35.4 Å². The summed E-state index contributed by atoms with van der Waals surface area (Å²) in [4.78, 5) is 6.70. The van der Waals surface area contributed by atoms with Crippen molar-refractivity contribution < 1.29 is 0 Å². The lowest BCUT2D eigenvalue weighted by Gasteiger charge is -2.21. The Balaban J connectivity index is 2.24. The second-order valence-electron chi connectivity index (χ2n) is 6.97. The first-order valence-electron chi connectivity index (χ1n) is 9.15. The van der Waals surface area contributed by atoms with Gasteiger partial charge in [-0.1, -0.05) is 36.8 Å². The van der Waals surface area contributed by atoms with Crippen LogP contribution in [0.15, 0.2) is 29.3 Å². The summed E-state index contributed by atoms with van der Waals surface area (Å²) in [5, 5.41) is 6.84. The largest absolute Gasteiger partial charge is 0.356 e. The molecule has 1 unspecified atom stereocenters. The van der Waals surface area contributed by atoms with E-state index in [4.69, 9.17) is 0 Å². The van der Waals surface area contributed by atoms with Gasteiger partial charge in [-0.2, -0.15) is 0 Å². The SMILES string of the molecule is CN=C(NCCCCN(C)C(C)C)NCC(C)c1ccc(C)cc1. The first kappa shape index (κ1) is 20.5. The highest BCUT2D eigenvalue weighted by molar-refractivity contribution is 5.79. The molecule has 0 heterocycles. The van der Waals surface area contributed by atoms with Crippen LogP contribution >= 0.6 is 0 Å². The first-order chi connectivity index (χ1) is 11.4. The first-order valence-corrected chi connectivity index (χ1v) is 9.15. The van der Waals surface area contributed by atoms with E-state index < -0.39 is 0 Å². The summed E-state index contributed by atoms with van der Waals surface area (Å²) in [5.41, 5.74) is 2.67. The third-order valence-electron chi connectivity index (χ3n) is 4.56. The standard InChI is InChI=1S/C20H36N4/c1-16(2)24(6)14-8-7-13-22-20(21-5)23-15-18(4)19-11-9-17(3)10-12-19/h9-12,16,18H,7-8,13-15H2,1-6H3,(H2,21,22,23). The summed E-state index contributed by atoms with van der Waals surface area (Å²) in [6, 6.07) is 9.39. The Labute approximate surface area is 148 Å². The van der Waals surface area contributed by atoms with Crippen LogP contribution in [0.1, 0.15) is 50.7 Å². The van der Waals surface area contributed by atoms with Gasteiger partial charge in [0.2, 0.25) is 0 Å². The lowest BCUT2D eigenvalue weighted by molar-refractivity contribution is 0.268. The number of hydrogen-bond donors (Lipinski definition) is 2. The summed E-state index contributed by atoms with van der Waals surface area (Å²) in [7, 11) is 4.02. The van der Waals surface area contributed by atoms with Gasteiger partial charge >= 0.3 is 0 Å². The van der Waals surface area contributed by atoms with Crippen LogP contribution in [-0.2, 0) is 0 Å². The van der Waals surface area contributed by atoms with Crippen molar-refractivity contribution >= 4 is 5.96 Å². The van der Waals surface area contributed by atoms with Crippen molar-refractivity contribution in [2.24, 2.45) is 4.99 Å². The molecule has 0 radical (unpaired) electrons. The van der Waals surface area contributed by atoms with Gasteiger partial charge in [0.1, 0.15) is 0 Å². The molecule has 2 N–H and O–H groups in total. The van der Waals surface area contributed by atoms with E-state index in [-0.39, 0.29) is 0 Å². The van der Waals surface area contributed by atoms with E-state index in [1.54, 1.807) is 0 Å². The normalized spacial score (nSPS) is 13.4. The Kier molecular flexibility index (Phi) is 9.46. The van der Waals surface area contributed by atoms with Gasteiger partial charge in [0.05, 0.1) is 0 Å². The maximum absolute atomic E-state index is 4.31. The molecule has 0 aliphatic carbocycles. The molecule has 1 aromatic rings. The minimum absolute atomic E-state index is 0.462. The summed E-state index contributed by atoms with van der Waals surface area (Å²) in [6.45, 7) is 11.8. The van der Waals surface area contributed by atoms with E-state index in [0.29, 0.717) is 12.0 Å². The monoisotopic (exact) mass is 332 g/mol. The van der Waals surface area contributed by atoms with Gasteiger partial charge in [-0.15, -0.1) is 0 Å². The predicted molar refractivity (Wildman–Crippen MR) is 106 cm³/mol. The number of benzene rings is 1. The molecule has 1 atom stereocenters. The third-order valence-corrected chi connectivity index (χ3v) is 4.56. The van der Waals surface area contributed by atoms with E-state index >= 15 is 0 Å². The van der Waals surface area contributed by atoms with Crippen molar-refractivity contribution in [1.29, 1.82) is 0 Å². The Morgan fingerprint density at radius 2 is 1.75 bits per heavy atom. The van der Waals surface area contributed by atoms with Crippen molar-refractivity contribution in [2.45, 2.75) is 52.5 Å².